The van der Waals surface area contributed by atoms with Crippen LogP contribution in [0.2, 0.25) is 0 Å². The van der Waals surface area contributed by atoms with E-state index in [1.54, 1.807) is 0 Å². The first kappa shape index (κ1) is 35.6. The van der Waals surface area contributed by atoms with Gasteiger partial charge in [-0.3, -0.25) is 0 Å². The van der Waals surface area contributed by atoms with Crippen LogP contribution in [0, 0.1) is 23.7 Å². The van der Waals surface area contributed by atoms with Crippen LogP contribution < -0.4 is 10.6 Å². The molecule has 0 spiro atoms. The Balaban J connectivity index is 1.79. The summed E-state index contributed by atoms with van der Waals surface area (Å²) < 4.78 is 30.2. The average molecular weight is 621 g/mol. The molecule has 2 aliphatic carbocycles. The maximum absolute atomic E-state index is 12.5. The van der Waals surface area contributed by atoms with E-state index in [0.717, 1.165) is 43.6 Å². The molecular formula is C30H40N2O12. The van der Waals surface area contributed by atoms with Crippen molar-refractivity contribution in [3.63, 3.8) is 0 Å². The van der Waals surface area contributed by atoms with E-state index in [9.17, 15) is 28.8 Å². The highest BCUT2D eigenvalue weighted by atomic mass is 16.6. The highest BCUT2D eigenvalue weighted by molar-refractivity contribution is 5.82. The van der Waals surface area contributed by atoms with Crippen molar-refractivity contribution >= 4 is 36.1 Å². The van der Waals surface area contributed by atoms with Crippen LogP contribution in [0.3, 0.4) is 0 Å². The Hall–Kier alpha value is -4.62. The molecule has 0 aromatic rings. The second kappa shape index (κ2) is 18.8. The summed E-state index contributed by atoms with van der Waals surface area (Å²) in [5.41, 5.74) is 0. The van der Waals surface area contributed by atoms with Gasteiger partial charge in [-0.25, -0.2) is 28.8 Å². The second-order valence-electron chi connectivity index (χ2n) is 10.1. The largest absolute Gasteiger partial charge is 0.458 e. The van der Waals surface area contributed by atoms with E-state index in [4.69, 9.17) is 28.4 Å². The Kier molecular flexibility index (Phi) is 15.2. The van der Waals surface area contributed by atoms with Gasteiger partial charge in [0.2, 0.25) is 0 Å². The number of carbonyl (C=O) groups excluding carboxylic acids is 6. The number of ether oxygens (including phenoxy) is 6. The summed E-state index contributed by atoms with van der Waals surface area (Å²) in [4.78, 5) is 70.4. The first-order valence-electron chi connectivity index (χ1n) is 14.2. The number of carbonyl (C=O) groups is 6. The third-order valence-electron chi connectivity index (χ3n) is 7.35. The molecule has 242 valence electrons. The lowest BCUT2D eigenvalue weighted by Crippen LogP contribution is -2.38. The van der Waals surface area contributed by atoms with Gasteiger partial charge in [-0.1, -0.05) is 26.3 Å². The summed E-state index contributed by atoms with van der Waals surface area (Å²) in [5.74, 6) is -1.55. The van der Waals surface area contributed by atoms with E-state index in [2.05, 4.69) is 36.9 Å². The minimum Gasteiger partial charge on any atom is -0.458 e. The fourth-order valence-electron chi connectivity index (χ4n) is 5.42. The molecule has 2 N–H and O–H groups in total. The Labute approximate surface area is 255 Å². The SMILES string of the molecule is C=CC(=O)OCC(COC(=O)C=C)OC(=O)NCCC1C2CCC1C(CNC(=O)OC(COC(=O)C=C)COC(=O)C=C)C2. The van der Waals surface area contributed by atoms with Crippen molar-refractivity contribution in [1.29, 1.82) is 0 Å². The molecule has 2 rings (SSSR count). The Morgan fingerprint density at radius 3 is 1.52 bits per heavy atom. The molecule has 4 atom stereocenters. The van der Waals surface area contributed by atoms with Crippen LogP contribution in [0.4, 0.5) is 9.59 Å². The predicted octanol–water partition coefficient (Wildman–Crippen LogP) is 2.15. The average Bonchev–Trinajstić information content (AvgIpc) is 3.57. The molecule has 0 aliphatic heterocycles. The van der Waals surface area contributed by atoms with E-state index < -0.39 is 48.3 Å². The summed E-state index contributed by atoms with van der Waals surface area (Å²) in [6.07, 6.45) is 3.93. The lowest BCUT2D eigenvalue weighted by atomic mass is 9.87. The zero-order valence-corrected chi connectivity index (χ0v) is 24.6. The van der Waals surface area contributed by atoms with Gasteiger partial charge in [-0.05, 0) is 49.4 Å². The molecular weight excluding hydrogens is 580 g/mol. The van der Waals surface area contributed by atoms with Crippen LogP contribution >= 0.6 is 0 Å². The highest BCUT2D eigenvalue weighted by Crippen LogP contribution is 2.53. The Morgan fingerprint density at radius 1 is 0.659 bits per heavy atom. The number of hydrogen-bond donors (Lipinski definition) is 2. The topological polar surface area (TPSA) is 182 Å². The van der Waals surface area contributed by atoms with Gasteiger partial charge >= 0.3 is 36.1 Å². The van der Waals surface area contributed by atoms with Crippen molar-refractivity contribution in [3.8, 4) is 0 Å². The molecule has 14 nitrogen and oxygen atoms in total. The smallest absolute Gasteiger partial charge is 0.407 e. The molecule has 0 radical (unpaired) electrons. The zero-order chi connectivity index (χ0) is 32.5. The van der Waals surface area contributed by atoms with E-state index in [0.29, 0.717) is 37.3 Å². The van der Waals surface area contributed by atoms with Gasteiger partial charge < -0.3 is 39.1 Å². The fraction of sp³-hybridized carbons (Fsp3) is 0.533. The van der Waals surface area contributed by atoms with Gasteiger partial charge in [0.25, 0.3) is 0 Å². The number of alkyl carbamates (subject to hydrolysis) is 2. The Bertz CT molecular complexity index is 1040. The molecule has 0 saturated heterocycles. The lowest BCUT2D eigenvalue weighted by Gasteiger charge is -2.24. The molecule has 2 aliphatic rings. The van der Waals surface area contributed by atoms with Gasteiger partial charge in [0.15, 0.2) is 12.2 Å². The standard InChI is InChI=1S/C30H40N2O12/c1-5-25(33)39-15-21(16-40-26(34)6-2)43-29(37)31-12-11-24-19-9-10-23(24)20(13-19)14-32-30(38)44-22(17-41-27(35)7-3)18-42-28(36)8-4/h5-8,19-24H,1-4,9-18H2,(H,31,37)(H,32,38). The molecule has 14 heteroatoms. The van der Waals surface area contributed by atoms with Gasteiger partial charge in [-0.15, -0.1) is 0 Å². The van der Waals surface area contributed by atoms with Gasteiger partial charge in [-0.2, -0.15) is 0 Å². The molecule has 4 unspecified atom stereocenters. The highest BCUT2D eigenvalue weighted by Gasteiger charge is 2.47. The van der Waals surface area contributed by atoms with Gasteiger partial charge in [0.1, 0.15) is 26.4 Å². The van der Waals surface area contributed by atoms with Crippen molar-refractivity contribution in [2.75, 3.05) is 39.5 Å². The Morgan fingerprint density at radius 2 is 1.09 bits per heavy atom. The van der Waals surface area contributed by atoms with Crippen molar-refractivity contribution in [1.82, 2.24) is 10.6 Å². The monoisotopic (exact) mass is 620 g/mol. The van der Waals surface area contributed by atoms with E-state index in [1.165, 1.54) is 0 Å². The van der Waals surface area contributed by atoms with Gasteiger partial charge in [0.05, 0.1) is 0 Å². The van der Waals surface area contributed by atoms with Crippen molar-refractivity contribution in [2.24, 2.45) is 23.7 Å². The van der Waals surface area contributed by atoms with Crippen LogP contribution in [0.15, 0.2) is 50.6 Å². The number of hydrogen-bond acceptors (Lipinski definition) is 12. The van der Waals surface area contributed by atoms with Crippen LogP contribution in [-0.4, -0.2) is 87.8 Å². The van der Waals surface area contributed by atoms with Crippen LogP contribution in [0.25, 0.3) is 0 Å². The number of amides is 2. The third kappa shape index (κ3) is 12.3. The van der Waals surface area contributed by atoms with E-state index in [-0.39, 0.29) is 32.3 Å². The summed E-state index contributed by atoms with van der Waals surface area (Å²) >= 11 is 0. The summed E-state index contributed by atoms with van der Waals surface area (Å²) in [6.45, 7) is 12.6. The fourth-order valence-corrected chi connectivity index (χ4v) is 5.42. The van der Waals surface area contributed by atoms with Crippen molar-refractivity contribution in [3.05, 3.63) is 50.6 Å². The molecule has 2 bridgehead atoms. The molecule has 0 heterocycles. The number of nitrogens with one attached hydrogen (secondary N) is 2. The second-order valence-corrected chi connectivity index (χ2v) is 10.1. The molecule has 0 aromatic heterocycles. The first-order valence-corrected chi connectivity index (χ1v) is 14.2. The molecule has 2 fully saturated rings. The normalized spacial score (nSPS) is 19.7. The molecule has 44 heavy (non-hydrogen) atoms. The van der Waals surface area contributed by atoms with Crippen LogP contribution in [0.5, 0.6) is 0 Å². The lowest BCUT2D eigenvalue weighted by molar-refractivity contribution is -0.147. The maximum atomic E-state index is 12.5. The van der Waals surface area contributed by atoms with Crippen LogP contribution in [-0.2, 0) is 47.6 Å². The van der Waals surface area contributed by atoms with Crippen molar-refractivity contribution < 1.29 is 57.2 Å². The molecule has 2 saturated carbocycles. The number of rotatable bonds is 19. The molecule has 0 aromatic carbocycles. The summed E-state index contributed by atoms with van der Waals surface area (Å²) in [7, 11) is 0. The maximum Gasteiger partial charge on any atom is 0.407 e. The predicted molar refractivity (Wildman–Crippen MR) is 154 cm³/mol. The summed E-state index contributed by atoms with van der Waals surface area (Å²) in [5, 5.41) is 5.44. The third-order valence-corrected chi connectivity index (χ3v) is 7.35. The first-order chi connectivity index (χ1) is 21.1. The zero-order valence-electron chi connectivity index (χ0n) is 24.6. The molecule has 2 amide bonds. The number of fused-ring (bicyclic) bond motifs is 2. The van der Waals surface area contributed by atoms with E-state index in [1.807, 2.05) is 0 Å². The minimum atomic E-state index is -1.02. The summed E-state index contributed by atoms with van der Waals surface area (Å²) in [6, 6.07) is 0. The number of esters is 4. The minimum absolute atomic E-state index is 0.206. The van der Waals surface area contributed by atoms with Crippen molar-refractivity contribution in [2.45, 2.75) is 37.9 Å². The van der Waals surface area contributed by atoms with E-state index >= 15 is 0 Å². The quantitative estimate of drug-likeness (QED) is 0.122. The van der Waals surface area contributed by atoms with Crippen LogP contribution in [0.1, 0.15) is 25.7 Å². The van der Waals surface area contributed by atoms with Gasteiger partial charge in [0, 0.05) is 37.4 Å².